The zero-order valence-electron chi connectivity index (χ0n) is 10.5. The zero-order chi connectivity index (χ0) is 13.8. The quantitative estimate of drug-likeness (QED) is 0.749. The first-order valence-corrected chi connectivity index (χ1v) is 7.54. The lowest BCUT2D eigenvalue weighted by Crippen LogP contribution is -2.18. The highest BCUT2D eigenvalue weighted by Gasteiger charge is 2.09. The summed E-state index contributed by atoms with van der Waals surface area (Å²) in [6.45, 7) is 2.83. The summed E-state index contributed by atoms with van der Waals surface area (Å²) in [4.78, 5) is 0. The maximum Gasteiger partial charge on any atom is 0.0453 e. The molecule has 0 fully saturated rings. The van der Waals surface area contributed by atoms with Crippen LogP contribution in [0.15, 0.2) is 46.9 Å². The van der Waals surface area contributed by atoms with Crippen LogP contribution in [0.3, 0.4) is 0 Å². The van der Waals surface area contributed by atoms with Crippen LogP contribution >= 0.6 is 39.1 Å². The van der Waals surface area contributed by atoms with E-state index in [9.17, 15) is 0 Å². The lowest BCUT2D eigenvalue weighted by atomic mass is 10.1. The van der Waals surface area contributed by atoms with Crippen LogP contribution in [0.25, 0.3) is 0 Å². The molecule has 0 amide bonds. The summed E-state index contributed by atoms with van der Waals surface area (Å²) in [6, 6.07) is 13.8. The van der Waals surface area contributed by atoms with Crippen LogP contribution in [0.5, 0.6) is 0 Å². The average molecular weight is 359 g/mol. The fourth-order valence-electron chi connectivity index (χ4n) is 1.88. The first-order chi connectivity index (χ1) is 9.08. The average Bonchev–Trinajstić information content (AvgIpc) is 2.40. The highest BCUT2D eigenvalue weighted by Crippen LogP contribution is 2.24. The van der Waals surface area contributed by atoms with Gasteiger partial charge in [-0.15, -0.1) is 0 Å². The molecule has 0 spiro atoms. The van der Waals surface area contributed by atoms with E-state index in [-0.39, 0.29) is 6.04 Å². The van der Waals surface area contributed by atoms with E-state index in [2.05, 4.69) is 28.2 Å². The van der Waals surface area contributed by atoms with Crippen molar-refractivity contribution in [2.45, 2.75) is 19.5 Å². The van der Waals surface area contributed by atoms with Crippen molar-refractivity contribution in [1.82, 2.24) is 5.32 Å². The van der Waals surface area contributed by atoms with Crippen molar-refractivity contribution in [3.8, 4) is 0 Å². The van der Waals surface area contributed by atoms with Crippen molar-refractivity contribution in [2.24, 2.45) is 0 Å². The summed E-state index contributed by atoms with van der Waals surface area (Å²) in [6.07, 6.45) is 0. The minimum Gasteiger partial charge on any atom is -0.306 e. The smallest absolute Gasteiger partial charge is 0.0453 e. The standard InChI is InChI=1S/C15H14BrCl2N/c1-10(13-4-2-3-5-15(13)18)19-9-11-8-12(17)6-7-14(11)16/h2-8,10,19H,9H2,1H3/t10-/m0/s1. The first kappa shape index (κ1) is 14.9. The van der Waals surface area contributed by atoms with Crippen LogP contribution < -0.4 is 5.32 Å². The Morgan fingerprint density at radius 1 is 1.16 bits per heavy atom. The van der Waals surface area contributed by atoms with Crippen LogP contribution in [0.4, 0.5) is 0 Å². The van der Waals surface area contributed by atoms with Crippen LogP contribution in [-0.2, 0) is 6.54 Å². The van der Waals surface area contributed by atoms with Crippen molar-refractivity contribution in [2.75, 3.05) is 0 Å². The number of hydrogen-bond acceptors (Lipinski definition) is 1. The van der Waals surface area contributed by atoms with Gasteiger partial charge in [-0.25, -0.2) is 0 Å². The number of nitrogens with one attached hydrogen (secondary N) is 1. The molecule has 0 heterocycles. The predicted molar refractivity (Wildman–Crippen MR) is 85.9 cm³/mol. The van der Waals surface area contributed by atoms with Gasteiger partial charge in [-0.1, -0.05) is 57.3 Å². The van der Waals surface area contributed by atoms with E-state index in [4.69, 9.17) is 23.2 Å². The Labute approximate surface area is 132 Å². The second-order valence-electron chi connectivity index (χ2n) is 4.36. The first-order valence-electron chi connectivity index (χ1n) is 5.99. The van der Waals surface area contributed by atoms with E-state index in [0.717, 1.165) is 32.2 Å². The van der Waals surface area contributed by atoms with Crippen molar-refractivity contribution >= 4 is 39.1 Å². The lowest BCUT2D eigenvalue weighted by Gasteiger charge is -2.16. The largest absolute Gasteiger partial charge is 0.306 e. The van der Waals surface area contributed by atoms with Crippen molar-refractivity contribution in [3.05, 3.63) is 68.1 Å². The third-order valence-electron chi connectivity index (χ3n) is 2.98. The molecule has 0 saturated carbocycles. The molecule has 0 saturated heterocycles. The molecule has 1 N–H and O–H groups in total. The Morgan fingerprint density at radius 3 is 2.63 bits per heavy atom. The molecule has 2 aromatic carbocycles. The Bertz CT molecular complexity index is 572. The van der Waals surface area contributed by atoms with Crippen molar-refractivity contribution in [1.29, 1.82) is 0 Å². The van der Waals surface area contributed by atoms with Gasteiger partial charge in [-0.2, -0.15) is 0 Å². The molecule has 0 aliphatic rings. The van der Waals surface area contributed by atoms with E-state index in [1.54, 1.807) is 0 Å². The van der Waals surface area contributed by atoms with Crippen molar-refractivity contribution < 1.29 is 0 Å². The van der Waals surface area contributed by atoms with Gasteiger partial charge in [0.25, 0.3) is 0 Å². The predicted octanol–water partition coefficient (Wildman–Crippen LogP) is 5.61. The topological polar surface area (TPSA) is 12.0 Å². The molecule has 2 aromatic rings. The maximum atomic E-state index is 6.19. The van der Waals surface area contributed by atoms with E-state index >= 15 is 0 Å². The van der Waals surface area contributed by atoms with Crippen LogP contribution in [0.2, 0.25) is 10.0 Å². The highest BCUT2D eigenvalue weighted by atomic mass is 79.9. The van der Waals surface area contributed by atoms with Crippen LogP contribution in [0.1, 0.15) is 24.1 Å². The molecule has 2 rings (SSSR count). The summed E-state index contributed by atoms with van der Waals surface area (Å²) in [5.41, 5.74) is 2.23. The van der Waals surface area contributed by atoms with Gasteiger partial charge in [0.2, 0.25) is 0 Å². The summed E-state index contributed by atoms with van der Waals surface area (Å²) < 4.78 is 1.05. The third kappa shape index (κ3) is 3.96. The Balaban J connectivity index is 2.06. The molecule has 0 bridgehead atoms. The van der Waals surface area contributed by atoms with Crippen LogP contribution in [-0.4, -0.2) is 0 Å². The number of halogens is 3. The van der Waals surface area contributed by atoms with Gasteiger partial charge >= 0.3 is 0 Å². The molecule has 0 aliphatic heterocycles. The Morgan fingerprint density at radius 2 is 1.89 bits per heavy atom. The SMILES string of the molecule is C[C@H](NCc1cc(Cl)ccc1Br)c1ccccc1Cl. The maximum absolute atomic E-state index is 6.19. The summed E-state index contributed by atoms with van der Waals surface area (Å²) in [5.74, 6) is 0. The number of benzene rings is 2. The van der Waals surface area contributed by atoms with Crippen LogP contribution in [0, 0.1) is 0 Å². The van der Waals surface area contributed by atoms with Gasteiger partial charge < -0.3 is 5.32 Å². The molecule has 19 heavy (non-hydrogen) atoms. The Hall–Kier alpha value is -0.540. The normalized spacial score (nSPS) is 12.4. The number of hydrogen-bond donors (Lipinski definition) is 1. The van der Waals surface area contributed by atoms with Gasteiger partial charge in [0.05, 0.1) is 0 Å². The minimum absolute atomic E-state index is 0.180. The van der Waals surface area contributed by atoms with Gasteiger partial charge in [0, 0.05) is 27.1 Å². The molecular formula is C15H14BrCl2N. The van der Waals surface area contributed by atoms with E-state index < -0.39 is 0 Å². The van der Waals surface area contributed by atoms with E-state index in [1.165, 1.54) is 0 Å². The third-order valence-corrected chi connectivity index (χ3v) is 4.33. The van der Waals surface area contributed by atoms with Gasteiger partial charge in [-0.05, 0) is 42.3 Å². The lowest BCUT2D eigenvalue weighted by molar-refractivity contribution is 0.574. The second-order valence-corrected chi connectivity index (χ2v) is 6.06. The summed E-state index contributed by atoms with van der Waals surface area (Å²) >= 11 is 15.7. The molecule has 0 aliphatic carbocycles. The molecule has 0 aromatic heterocycles. The monoisotopic (exact) mass is 357 g/mol. The van der Waals surface area contributed by atoms with Gasteiger partial charge in [0.15, 0.2) is 0 Å². The fourth-order valence-corrected chi connectivity index (χ4v) is 2.76. The van der Waals surface area contributed by atoms with E-state index in [0.29, 0.717) is 0 Å². The minimum atomic E-state index is 0.180. The molecule has 4 heteroatoms. The van der Waals surface area contributed by atoms with Gasteiger partial charge in [-0.3, -0.25) is 0 Å². The molecule has 100 valence electrons. The fraction of sp³-hybridized carbons (Fsp3) is 0.200. The Kier molecular flexibility index (Phi) is 5.28. The molecule has 0 radical (unpaired) electrons. The van der Waals surface area contributed by atoms with Gasteiger partial charge in [0.1, 0.15) is 0 Å². The molecular weight excluding hydrogens is 345 g/mol. The van der Waals surface area contributed by atoms with E-state index in [1.807, 2.05) is 42.5 Å². The molecule has 1 atom stereocenters. The highest BCUT2D eigenvalue weighted by molar-refractivity contribution is 9.10. The zero-order valence-corrected chi connectivity index (χ0v) is 13.6. The van der Waals surface area contributed by atoms with Crippen molar-refractivity contribution in [3.63, 3.8) is 0 Å². The summed E-state index contributed by atoms with van der Waals surface area (Å²) in [7, 11) is 0. The second kappa shape index (κ2) is 6.76. The summed E-state index contributed by atoms with van der Waals surface area (Å²) in [5, 5.41) is 4.98. The molecule has 0 unspecified atom stereocenters. The number of rotatable bonds is 4. The molecule has 1 nitrogen and oxygen atoms in total.